The zero-order chi connectivity index (χ0) is 17.5. The summed E-state index contributed by atoms with van der Waals surface area (Å²) < 4.78 is 7.11. The predicted molar refractivity (Wildman–Crippen MR) is 93.6 cm³/mol. The van der Waals surface area contributed by atoms with Crippen LogP contribution in [0.5, 0.6) is 0 Å². The number of benzene rings is 1. The monoisotopic (exact) mass is 330 g/mol. The molecule has 1 aromatic heterocycles. The largest absolute Gasteiger partial charge is 0.380 e. The summed E-state index contributed by atoms with van der Waals surface area (Å²) in [5.41, 5.74) is 9.80. The van der Waals surface area contributed by atoms with Gasteiger partial charge in [-0.25, -0.2) is 0 Å². The van der Waals surface area contributed by atoms with Crippen molar-refractivity contribution in [3.8, 4) is 0 Å². The Bertz CT molecular complexity index is 663. The molecule has 0 bridgehead atoms. The van der Waals surface area contributed by atoms with Crippen LogP contribution < -0.4 is 11.1 Å². The first-order valence-electron chi connectivity index (χ1n) is 8.11. The van der Waals surface area contributed by atoms with E-state index in [9.17, 15) is 4.79 Å². The number of hydrogen-bond acceptors (Lipinski definition) is 4. The maximum atomic E-state index is 12.0. The van der Waals surface area contributed by atoms with Gasteiger partial charge in [0.05, 0.1) is 24.8 Å². The molecule has 1 amide bonds. The van der Waals surface area contributed by atoms with Crippen molar-refractivity contribution in [3.63, 3.8) is 0 Å². The number of carbonyl (C=O) groups excluding carboxylic acids is 1. The lowest BCUT2D eigenvalue weighted by Crippen LogP contribution is -2.32. The molecule has 24 heavy (non-hydrogen) atoms. The number of nitrogens with zero attached hydrogens (tertiary/aromatic N) is 2. The second-order valence-electron chi connectivity index (χ2n) is 5.87. The van der Waals surface area contributed by atoms with Crippen LogP contribution in [-0.4, -0.2) is 35.4 Å². The highest BCUT2D eigenvalue weighted by Gasteiger charge is 2.15. The maximum Gasteiger partial charge on any atom is 0.222 e. The Morgan fingerprint density at radius 1 is 1.33 bits per heavy atom. The average molecular weight is 330 g/mol. The fourth-order valence-corrected chi connectivity index (χ4v) is 2.63. The van der Waals surface area contributed by atoms with Crippen LogP contribution in [0.2, 0.25) is 0 Å². The van der Waals surface area contributed by atoms with Gasteiger partial charge < -0.3 is 15.8 Å². The lowest BCUT2D eigenvalue weighted by Gasteiger charge is -2.12. The number of ether oxygens (including phenoxy) is 1. The average Bonchev–Trinajstić information content (AvgIpc) is 2.85. The van der Waals surface area contributed by atoms with Gasteiger partial charge >= 0.3 is 0 Å². The summed E-state index contributed by atoms with van der Waals surface area (Å²) in [4.78, 5) is 12.0. The fourth-order valence-electron chi connectivity index (χ4n) is 2.63. The van der Waals surface area contributed by atoms with Gasteiger partial charge in [-0.2, -0.15) is 5.10 Å². The topological polar surface area (TPSA) is 82.2 Å². The van der Waals surface area contributed by atoms with Crippen LogP contribution in [0.1, 0.15) is 28.9 Å². The molecule has 1 atom stereocenters. The van der Waals surface area contributed by atoms with Gasteiger partial charge in [0, 0.05) is 31.5 Å². The third-order valence-electron chi connectivity index (χ3n) is 4.18. The highest BCUT2D eigenvalue weighted by Crippen LogP contribution is 2.14. The Balaban J connectivity index is 2.00. The summed E-state index contributed by atoms with van der Waals surface area (Å²) in [5.74, 6) is -0.0677. The predicted octanol–water partition coefficient (Wildman–Crippen LogP) is 1.53. The molecule has 0 radical (unpaired) electrons. The number of hydrogen-bond donors (Lipinski definition) is 2. The van der Waals surface area contributed by atoms with Gasteiger partial charge in [-0.3, -0.25) is 9.48 Å². The van der Waals surface area contributed by atoms with Crippen LogP contribution in [0.25, 0.3) is 0 Å². The Kier molecular flexibility index (Phi) is 6.52. The standard InChI is InChI=1S/C18H26N4O2/c1-13-17(11-20-18(23)9-16(10-19)24-3)14(2)22(21-13)12-15-7-5-4-6-8-15/h4-8,16H,9-12,19H2,1-3H3,(H,20,23). The van der Waals surface area contributed by atoms with Gasteiger partial charge in [0.25, 0.3) is 0 Å². The zero-order valence-electron chi connectivity index (χ0n) is 14.6. The third kappa shape index (κ3) is 4.66. The van der Waals surface area contributed by atoms with Crippen LogP contribution in [0.15, 0.2) is 30.3 Å². The number of rotatable bonds is 8. The van der Waals surface area contributed by atoms with E-state index >= 15 is 0 Å². The minimum atomic E-state index is -0.243. The lowest BCUT2D eigenvalue weighted by atomic mass is 10.1. The molecule has 130 valence electrons. The van der Waals surface area contributed by atoms with Crippen molar-refractivity contribution >= 4 is 5.91 Å². The van der Waals surface area contributed by atoms with Gasteiger partial charge in [0.15, 0.2) is 0 Å². The summed E-state index contributed by atoms with van der Waals surface area (Å²) in [5, 5.41) is 7.53. The molecule has 6 heteroatoms. The molecule has 6 nitrogen and oxygen atoms in total. The van der Waals surface area contributed by atoms with E-state index < -0.39 is 0 Å². The van der Waals surface area contributed by atoms with Gasteiger partial charge in [0.1, 0.15) is 0 Å². The molecule has 0 saturated carbocycles. The highest BCUT2D eigenvalue weighted by atomic mass is 16.5. The molecule has 0 aliphatic carbocycles. The van der Waals surface area contributed by atoms with Gasteiger partial charge in [0.2, 0.25) is 5.91 Å². The number of nitrogens with two attached hydrogens (primary N) is 1. The first-order valence-corrected chi connectivity index (χ1v) is 8.11. The molecule has 0 aliphatic heterocycles. The Morgan fingerprint density at radius 3 is 2.67 bits per heavy atom. The van der Waals surface area contributed by atoms with Crippen molar-refractivity contribution in [1.29, 1.82) is 0 Å². The van der Waals surface area contributed by atoms with Crippen molar-refractivity contribution in [2.45, 2.75) is 39.5 Å². The van der Waals surface area contributed by atoms with Crippen molar-refractivity contribution in [3.05, 3.63) is 52.8 Å². The second-order valence-corrected chi connectivity index (χ2v) is 5.87. The first kappa shape index (κ1) is 18.2. The van der Waals surface area contributed by atoms with E-state index in [-0.39, 0.29) is 18.4 Å². The summed E-state index contributed by atoms with van der Waals surface area (Å²) in [6.07, 6.45) is 0.0245. The molecule has 0 aliphatic rings. The summed E-state index contributed by atoms with van der Waals surface area (Å²) in [6, 6.07) is 10.2. The van der Waals surface area contributed by atoms with E-state index in [2.05, 4.69) is 22.5 Å². The van der Waals surface area contributed by atoms with Crippen LogP contribution in [0.3, 0.4) is 0 Å². The highest BCUT2D eigenvalue weighted by molar-refractivity contribution is 5.76. The Hall–Kier alpha value is -2.18. The number of amides is 1. The van der Waals surface area contributed by atoms with Crippen molar-refractivity contribution in [2.24, 2.45) is 5.73 Å². The molecule has 2 rings (SSSR count). The van der Waals surface area contributed by atoms with E-state index in [0.717, 1.165) is 23.5 Å². The molecular formula is C18H26N4O2. The van der Waals surface area contributed by atoms with Gasteiger partial charge in [-0.15, -0.1) is 0 Å². The number of aromatic nitrogens is 2. The maximum absolute atomic E-state index is 12.0. The van der Waals surface area contributed by atoms with Crippen molar-refractivity contribution in [2.75, 3.05) is 13.7 Å². The van der Waals surface area contributed by atoms with Gasteiger partial charge in [-0.05, 0) is 19.4 Å². The van der Waals surface area contributed by atoms with Crippen molar-refractivity contribution < 1.29 is 9.53 Å². The molecule has 1 unspecified atom stereocenters. The first-order chi connectivity index (χ1) is 11.5. The van der Waals surface area contributed by atoms with E-state index in [1.165, 1.54) is 5.56 Å². The molecule has 0 spiro atoms. The van der Waals surface area contributed by atoms with Gasteiger partial charge in [-0.1, -0.05) is 30.3 Å². The fraction of sp³-hybridized carbons (Fsp3) is 0.444. The second kappa shape index (κ2) is 8.61. The lowest BCUT2D eigenvalue weighted by molar-refractivity contribution is -0.123. The molecule has 0 fully saturated rings. The molecule has 3 N–H and O–H groups in total. The van der Waals surface area contributed by atoms with Crippen LogP contribution >= 0.6 is 0 Å². The number of aryl methyl sites for hydroxylation is 1. The third-order valence-corrected chi connectivity index (χ3v) is 4.18. The van der Waals surface area contributed by atoms with Crippen LogP contribution in [-0.2, 0) is 22.6 Å². The molecule has 0 saturated heterocycles. The Morgan fingerprint density at radius 2 is 2.04 bits per heavy atom. The van der Waals surface area contributed by atoms with E-state index in [1.807, 2.05) is 36.7 Å². The van der Waals surface area contributed by atoms with Crippen LogP contribution in [0, 0.1) is 13.8 Å². The molecular weight excluding hydrogens is 304 g/mol. The van der Waals surface area contributed by atoms with Crippen molar-refractivity contribution in [1.82, 2.24) is 15.1 Å². The summed E-state index contributed by atoms with van der Waals surface area (Å²) >= 11 is 0. The minimum Gasteiger partial charge on any atom is -0.380 e. The number of carbonyl (C=O) groups is 1. The minimum absolute atomic E-state index is 0.0677. The summed E-state index contributed by atoms with van der Waals surface area (Å²) in [7, 11) is 1.56. The van der Waals surface area contributed by atoms with Crippen LogP contribution in [0.4, 0.5) is 0 Å². The van der Waals surface area contributed by atoms with E-state index in [4.69, 9.17) is 10.5 Å². The molecule has 1 heterocycles. The van der Waals surface area contributed by atoms with E-state index in [0.29, 0.717) is 13.1 Å². The zero-order valence-corrected chi connectivity index (χ0v) is 14.6. The summed E-state index contributed by atoms with van der Waals surface area (Å²) in [6.45, 7) is 5.51. The molecule has 1 aromatic carbocycles. The smallest absolute Gasteiger partial charge is 0.222 e. The number of methoxy groups -OCH3 is 1. The quantitative estimate of drug-likeness (QED) is 0.769. The van der Waals surface area contributed by atoms with E-state index in [1.54, 1.807) is 7.11 Å². The Labute approximate surface area is 143 Å². The normalized spacial score (nSPS) is 12.2. The number of nitrogens with one attached hydrogen (secondary N) is 1. The molecule has 2 aromatic rings. The SMILES string of the molecule is COC(CN)CC(=O)NCc1c(C)nn(Cc2ccccc2)c1C.